The van der Waals surface area contributed by atoms with Crippen LogP contribution in [0.4, 0.5) is 11.6 Å². The maximum atomic E-state index is 12.6. The molecule has 4 rings (SSSR count). The second-order valence-corrected chi connectivity index (χ2v) is 7.21. The number of anilines is 2. The molecule has 0 unspecified atom stereocenters. The summed E-state index contributed by atoms with van der Waals surface area (Å²) in [5.74, 6) is -0.0648. The first-order valence-electron chi connectivity index (χ1n) is 10.00. The highest BCUT2D eigenvalue weighted by Crippen LogP contribution is 2.25. The molecule has 2 heterocycles. The SMILES string of the molecule is Cc1c(C(N)=O)cccc1-c1ccnc(Nc2ccc(C(=O)N3CCOCC3)cc2)n1. The molecule has 1 aliphatic rings. The third kappa shape index (κ3) is 4.54. The number of hydrogen-bond donors (Lipinski definition) is 2. The van der Waals surface area contributed by atoms with Crippen molar-refractivity contribution in [2.45, 2.75) is 6.92 Å². The molecule has 31 heavy (non-hydrogen) atoms. The molecular formula is C23H23N5O3. The van der Waals surface area contributed by atoms with Gasteiger partial charge in [-0.05, 0) is 48.9 Å². The Kier molecular flexibility index (Phi) is 5.90. The maximum Gasteiger partial charge on any atom is 0.254 e. The van der Waals surface area contributed by atoms with Crippen LogP contribution in [-0.2, 0) is 4.74 Å². The van der Waals surface area contributed by atoms with Gasteiger partial charge in [0.15, 0.2) is 0 Å². The number of amides is 2. The predicted octanol–water partition coefficient (Wildman–Crippen LogP) is 2.77. The highest BCUT2D eigenvalue weighted by atomic mass is 16.5. The number of carbonyl (C=O) groups excluding carboxylic acids is 2. The smallest absolute Gasteiger partial charge is 0.254 e. The van der Waals surface area contributed by atoms with E-state index in [4.69, 9.17) is 10.5 Å². The lowest BCUT2D eigenvalue weighted by molar-refractivity contribution is 0.0303. The first kappa shape index (κ1) is 20.5. The third-order valence-electron chi connectivity index (χ3n) is 5.22. The van der Waals surface area contributed by atoms with E-state index in [-0.39, 0.29) is 5.91 Å². The van der Waals surface area contributed by atoms with Crippen molar-refractivity contribution in [3.8, 4) is 11.3 Å². The molecule has 0 spiro atoms. The van der Waals surface area contributed by atoms with E-state index in [1.54, 1.807) is 41.4 Å². The van der Waals surface area contributed by atoms with Crippen molar-refractivity contribution in [2.24, 2.45) is 5.73 Å². The average Bonchev–Trinajstić information content (AvgIpc) is 2.80. The van der Waals surface area contributed by atoms with E-state index >= 15 is 0 Å². The number of nitrogens with one attached hydrogen (secondary N) is 1. The minimum Gasteiger partial charge on any atom is -0.378 e. The maximum absolute atomic E-state index is 12.6. The van der Waals surface area contributed by atoms with Crippen LogP contribution in [0.1, 0.15) is 26.3 Å². The summed E-state index contributed by atoms with van der Waals surface area (Å²) in [5, 5.41) is 3.16. The van der Waals surface area contributed by atoms with E-state index in [0.29, 0.717) is 49.1 Å². The fraction of sp³-hybridized carbons (Fsp3) is 0.217. The van der Waals surface area contributed by atoms with Crippen molar-refractivity contribution in [1.82, 2.24) is 14.9 Å². The molecule has 1 saturated heterocycles. The Morgan fingerprint density at radius 2 is 1.81 bits per heavy atom. The zero-order valence-electron chi connectivity index (χ0n) is 17.2. The van der Waals surface area contributed by atoms with Gasteiger partial charge in [0.2, 0.25) is 11.9 Å². The number of morpholine rings is 1. The van der Waals surface area contributed by atoms with E-state index in [2.05, 4.69) is 15.3 Å². The van der Waals surface area contributed by atoms with Crippen LogP contribution >= 0.6 is 0 Å². The van der Waals surface area contributed by atoms with Crippen molar-refractivity contribution in [3.63, 3.8) is 0 Å². The van der Waals surface area contributed by atoms with Crippen molar-refractivity contribution >= 4 is 23.5 Å². The minimum atomic E-state index is -0.474. The molecule has 3 aromatic rings. The molecule has 0 bridgehead atoms. The molecule has 8 nitrogen and oxygen atoms in total. The molecule has 1 aromatic heterocycles. The first-order valence-corrected chi connectivity index (χ1v) is 10.00. The van der Waals surface area contributed by atoms with Gasteiger partial charge in [-0.1, -0.05) is 12.1 Å². The van der Waals surface area contributed by atoms with Crippen molar-refractivity contribution in [1.29, 1.82) is 0 Å². The molecule has 158 valence electrons. The van der Waals surface area contributed by atoms with Crippen LogP contribution < -0.4 is 11.1 Å². The van der Waals surface area contributed by atoms with Gasteiger partial charge in [-0.15, -0.1) is 0 Å². The van der Waals surface area contributed by atoms with Crippen LogP contribution in [0.15, 0.2) is 54.7 Å². The summed E-state index contributed by atoms with van der Waals surface area (Å²) in [6, 6.07) is 14.4. The topological polar surface area (TPSA) is 110 Å². The van der Waals surface area contributed by atoms with Crippen molar-refractivity contribution in [3.05, 3.63) is 71.4 Å². The molecule has 2 amide bonds. The Labute approximate surface area is 180 Å². The van der Waals surface area contributed by atoms with Crippen LogP contribution in [0.5, 0.6) is 0 Å². The van der Waals surface area contributed by atoms with E-state index in [0.717, 1.165) is 16.8 Å². The van der Waals surface area contributed by atoms with Gasteiger partial charge in [-0.3, -0.25) is 9.59 Å². The number of nitrogens with zero attached hydrogens (tertiary/aromatic N) is 3. The third-order valence-corrected chi connectivity index (χ3v) is 5.22. The number of primary amides is 1. The summed E-state index contributed by atoms with van der Waals surface area (Å²) in [6.45, 7) is 4.20. The lowest BCUT2D eigenvalue weighted by Gasteiger charge is -2.26. The lowest BCUT2D eigenvalue weighted by atomic mass is 9.99. The molecule has 1 fully saturated rings. The van der Waals surface area contributed by atoms with Gasteiger partial charge in [0.25, 0.3) is 5.91 Å². The molecular weight excluding hydrogens is 394 g/mol. The Morgan fingerprint density at radius 3 is 2.52 bits per heavy atom. The Hall–Kier alpha value is -3.78. The standard InChI is InChI=1S/C23H23N5O3/c1-15-18(3-2-4-19(15)21(24)29)20-9-10-25-23(27-20)26-17-7-5-16(6-8-17)22(30)28-11-13-31-14-12-28/h2-10H,11-14H2,1H3,(H2,24,29)(H,25,26,27). The molecule has 0 saturated carbocycles. The quantitative estimate of drug-likeness (QED) is 0.660. The normalized spacial score (nSPS) is 13.6. The summed E-state index contributed by atoms with van der Waals surface area (Å²) in [7, 11) is 0. The molecule has 2 aromatic carbocycles. The summed E-state index contributed by atoms with van der Waals surface area (Å²) >= 11 is 0. The van der Waals surface area contributed by atoms with Gasteiger partial charge in [-0.25, -0.2) is 9.97 Å². The number of aromatic nitrogens is 2. The Bertz CT molecular complexity index is 1110. The second kappa shape index (κ2) is 8.93. The Morgan fingerprint density at radius 1 is 1.06 bits per heavy atom. The monoisotopic (exact) mass is 417 g/mol. The molecule has 0 atom stereocenters. The number of ether oxygens (including phenoxy) is 1. The highest BCUT2D eigenvalue weighted by molar-refractivity contribution is 5.96. The largest absolute Gasteiger partial charge is 0.378 e. The summed E-state index contributed by atoms with van der Waals surface area (Å²) in [5.41, 5.74) is 9.57. The zero-order chi connectivity index (χ0) is 21.8. The van der Waals surface area contributed by atoms with Gasteiger partial charge in [0.1, 0.15) is 0 Å². The van der Waals surface area contributed by atoms with Crippen LogP contribution in [-0.4, -0.2) is 53.0 Å². The van der Waals surface area contributed by atoms with Crippen molar-refractivity contribution < 1.29 is 14.3 Å². The van der Waals surface area contributed by atoms with Gasteiger partial charge >= 0.3 is 0 Å². The van der Waals surface area contributed by atoms with E-state index < -0.39 is 5.91 Å². The number of carbonyl (C=O) groups is 2. The van der Waals surface area contributed by atoms with E-state index in [1.165, 1.54) is 0 Å². The van der Waals surface area contributed by atoms with E-state index in [1.807, 2.05) is 25.1 Å². The zero-order valence-corrected chi connectivity index (χ0v) is 17.2. The average molecular weight is 417 g/mol. The van der Waals surface area contributed by atoms with Crippen LogP contribution in [0, 0.1) is 6.92 Å². The van der Waals surface area contributed by atoms with Gasteiger partial charge in [-0.2, -0.15) is 0 Å². The fourth-order valence-corrected chi connectivity index (χ4v) is 3.52. The highest BCUT2D eigenvalue weighted by Gasteiger charge is 2.18. The summed E-state index contributed by atoms with van der Waals surface area (Å²) in [4.78, 5) is 34.8. The number of rotatable bonds is 5. The van der Waals surface area contributed by atoms with Crippen molar-refractivity contribution in [2.75, 3.05) is 31.6 Å². The lowest BCUT2D eigenvalue weighted by Crippen LogP contribution is -2.40. The molecule has 0 radical (unpaired) electrons. The number of benzene rings is 2. The van der Waals surface area contributed by atoms with Gasteiger partial charge < -0.3 is 20.7 Å². The fourth-order valence-electron chi connectivity index (χ4n) is 3.52. The minimum absolute atomic E-state index is 0.00194. The predicted molar refractivity (Wildman–Crippen MR) is 117 cm³/mol. The number of hydrogen-bond acceptors (Lipinski definition) is 6. The summed E-state index contributed by atoms with van der Waals surface area (Å²) < 4.78 is 5.30. The van der Waals surface area contributed by atoms with Crippen LogP contribution in [0.2, 0.25) is 0 Å². The van der Waals surface area contributed by atoms with E-state index in [9.17, 15) is 9.59 Å². The summed E-state index contributed by atoms with van der Waals surface area (Å²) in [6.07, 6.45) is 1.65. The molecule has 8 heteroatoms. The molecule has 1 aliphatic heterocycles. The first-order chi connectivity index (χ1) is 15.0. The Balaban J connectivity index is 1.51. The molecule has 3 N–H and O–H groups in total. The van der Waals surface area contributed by atoms with Crippen LogP contribution in [0.3, 0.4) is 0 Å². The number of nitrogens with two attached hydrogens (primary N) is 1. The van der Waals surface area contributed by atoms with Gasteiger partial charge in [0, 0.05) is 41.7 Å². The van der Waals surface area contributed by atoms with Crippen LogP contribution in [0.25, 0.3) is 11.3 Å². The second-order valence-electron chi connectivity index (χ2n) is 7.21. The molecule has 0 aliphatic carbocycles. The van der Waals surface area contributed by atoms with Gasteiger partial charge in [0.05, 0.1) is 18.9 Å².